The molecule has 2 amide bonds. The number of anilines is 1. The molecular formula is C19H16ClNO5. The zero-order valence-electron chi connectivity index (χ0n) is 14.0. The molecule has 0 aromatic heterocycles. The summed E-state index contributed by atoms with van der Waals surface area (Å²) in [6.07, 6.45) is 0.365. The van der Waals surface area contributed by atoms with Gasteiger partial charge in [-0.05, 0) is 36.4 Å². The van der Waals surface area contributed by atoms with Crippen LogP contribution in [0.15, 0.2) is 42.5 Å². The van der Waals surface area contributed by atoms with Gasteiger partial charge in [0, 0.05) is 23.4 Å². The normalized spacial score (nSPS) is 13.8. The highest BCUT2D eigenvalue weighted by Gasteiger charge is 2.30. The monoisotopic (exact) mass is 373 g/mol. The highest BCUT2D eigenvalue weighted by Crippen LogP contribution is 2.25. The SMILES string of the molecule is COc1ccc(Cl)cc1COC(=O)c1cccc(N2C(=O)CCC2=O)c1. The van der Waals surface area contributed by atoms with Crippen LogP contribution >= 0.6 is 11.6 Å². The van der Waals surface area contributed by atoms with E-state index in [1.54, 1.807) is 36.4 Å². The molecule has 7 heteroatoms. The fraction of sp³-hybridized carbons (Fsp3) is 0.211. The molecular weight excluding hydrogens is 358 g/mol. The van der Waals surface area contributed by atoms with Crippen LogP contribution in [-0.4, -0.2) is 24.9 Å². The number of nitrogens with zero attached hydrogens (tertiary/aromatic N) is 1. The maximum atomic E-state index is 12.3. The van der Waals surface area contributed by atoms with Crippen molar-refractivity contribution in [2.45, 2.75) is 19.4 Å². The van der Waals surface area contributed by atoms with Gasteiger partial charge in [-0.2, -0.15) is 0 Å². The summed E-state index contributed by atoms with van der Waals surface area (Å²) >= 11 is 5.96. The molecule has 3 rings (SSSR count). The molecule has 1 heterocycles. The van der Waals surface area contributed by atoms with Crippen LogP contribution in [0, 0.1) is 0 Å². The van der Waals surface area contributed by atoms with E-state index in [-0.39, 0.29) is 36.8 Å². The molecule has 2 aromatic rings. The maximum absolute atomic E-state index is 12.3. The highest BCUT2D eigenvalue weighted by molar-refractivity contribution is 6.30. The van der Waals surface area contributed by atoms with Crippen molar-refractivity contribution < 1.29 is 23.9 Å². The van der Waals surface area contributed by atoms with Gasteiger partial charge in [-0.25, -0.2) is 4.79 Å². The van der Waals surface area contributed by atoms with E-state index in [1.165, 1.54) is 13.2 Å². The number of halogens is 1. The molecule has 0 unspecified atom stereocenters. The molecule has 1 aliphatic rings. The van der Waals surface area contributed by atoms with E-state index in [0.29, 0.717) is 22.0 Å². The van der Waals surface area contributed by atoms with Crippen molar-refractivity contribution in [3.63, 3.8) is 0 Å². The number of amides is 2. The largest absolute Gasteiger partial charge is 0.496 e. The van der Waals surface area contributed by atoms with Gasteiger partial charge in [0.1, 0.15) is 12.4 Å². The second kappa shape index (κ2) is 7.58. The fourth-order valence-corrected chi connectivity index (χ4v) is 2.92. The summed E-state index contributed by atoms with van der Waals surface area (Å²) in [5, 5.41) is 0.505. The molecule has 0 atom stereocenters. The van der Waals surface area contributed by atoms with Gasteiger partial charge in [0.15, 0.2) is 0 Å². The standard InChI is InChI=1S/C19H16ClNO5/c1-25-16-6-5-14(20)9-13(16)11-26-19(24)12-3-2-4-15(10-12)21-17(22)7-8-18(21)23/h2-6,9-10H,7-8,11H2,1H3. The van der Waals surface area contributed by atoms with Crippen LogP contribution < -0.4 is 9.64 Å². The number of imide groups is 1. The van der Waals surface area contributed by atoms with Crippen LogP contribution in [0.2, 0.25) is 5.02 Å². The summed E-state index contributed by atoms with van der Waals surface area (Å²) in [6, 6.07) is 11.3. The van der Waals surface area contributed by atoms with Crippen molar-refractivity contribution in [1.82, 2.24) is 0 Å². The minimum atomic E-state index is -0.576. The molecule has 0 N–H and O–H groups in total. The van der Waals surface area contributed by atoms with E-state index in [2.05, 4.69) is 0 Å². The summed E-state index contributed by atoms with van der Waals surface area (Å²) in [4.78, 5) is 37.1. The summed E-state index contributed by atoms with van der Waals surface area (Å²) in [6.45, 7) is -0.0195. The Balaban J connectivity index is 1.75. The van der Waals surface area contributed by atoms with Crippen LogP contribution in [0.4, 0.5) is 5.69 Å². The first-order chi connectivity index (χ1) is 12.5. The number of hydrogen-bond donors (Lipinski definition) is 0. The summed E-state index contributed by atoms with van der Waals surface area (Å²) in [5.41, 5.74) is 1.25. The number of hydrogen-bond acceptors (Lipinski definition) is 5. The Kier molecular flexibility index (Phi) is 5.23. The summed E-state index contributed by atoms with van der Waals surface area (Å²) < 4.78 is 10.5. The van der Waals surface area contributed by atoms with Crippen molar-refractivity contribution in [2.75, 3.05) is 12.0 Å². The molecule has 0 aliphatic carbocycles. The predicted octanol–water partition coefficient (Wildman–Crippen LogP) is 3.36. The zero-order chi connectivity index (χ0) is 18.7. The number of carbonyl (C=O) groups is 3. The molecule has 1 aliphatic heterocycles. The second-order valence-corrected chi connectivity index (χ2v) is 6.14. The molecule has 0 bridgehead atoms. The Morgan fingerprint density at radius 1 is 1.12 bits per heavy atom. The Hall–Kier alpha value is -2.86. The zero-order valence-corrected chi connectivity index (χ0v) is 14.8. The third kappa shape index (κ3) is 3.70. The minimum absolute atomic E-state index is 0.0195. The number of methoxy groups -OCH3 is 1. The van der Waals surface area contributed by atoms with Crippen LogP contribution in [0.1, 0.15) is 28.8 Å². The van der Waals surface area contributed by atoms with E-state index in [4.69, 9.17) is 21.1 Å². The van der Waals surface area contributed by atoms with Gasteiger partial charge >= 0.3 is 5.97 Å². The summed E-state index contributed by atoms with van der Waals surface area (Å²) in [7, 11) is 1.52. The molecule has 0 saturated carbocycles. The number of benzene rings is 2. The van der Waals surface area contributed by atoms with Gasteiger partial charge in [-0.15, -0.1) is 0 Å². The lowest BCUT2D eigenvalue weighted by Crippen LogP contribution is -2.28. The van der Waals surface area contributed by atoms with E-state index in [1.807, 2.05) is 0 Å². The topological polar surface area (TPSA) is 72.9 Å². The third-order valence-electron chi connectivity index (χ3n) is 3.99. The lowest BCUT2D eigenvalue weighted by atomic mass is 10.2. The van der Waals surface area contributed by atoms with E-state index >= 15 is 0 Å². The smallest absolute Gasteiger partial charge is 0.338 e. The first-order valence-corrected chi connectivity index (χ1v) is 8.33. The highest BCUT2D eigenvalue weighted by atomic mass is 35.5. The molecule has 1 saturated heterocycles. The van der Waals surface area contributed by atoms with Gasteiger partial charge in [0.2, 0.25) is 11.8 Å². The van der Waals surface area contributed by atoms with E-state index in [0.717, 1.165) is 4.90 Å². The Bertz CT molecular complexity index is 864. The fourth-order valence-electron chi connectivity index (χ4n) is 2.72. The molecule has 6 nitrogen and oxygen atoms in total. The van der Waals surface area contributed by atoms with Crippen molar-refractivity contribution in [3.05, 3.63) is 58.6 Å². The van der Waals surface area contributed by atoms with Crippen molar-refractivity contribution >= 4 is 35.1 Å². The van der Waals surface area contributed by atoms with Crippen molar-refractivity contribution in [2.24, 2.45) is 0 Å². The number of esters is 1. The molecule has 1 fully saturated rings. The van der Waals surface area contributed by atoms with E-state index < -0.39 is 5.97 Å². The Labute approximate surface area is 155 Å². The van der Waals surface area contributed by atoms with Gasteiger partial charge < -0.3 is 9.47 Å². The molecule has 0 spiro atoms. The second-order valence-electron chi connectivity index (χ2n) is 5.71. The minimum Gasteiger partial charge on any atom is -0.496 e. The van der Waals surface area contributed by atoms with Crippen LogP contribution in [0.3, 0.4) is 0 Å². The maximum Gasteiger partial charge on any atom is 0.338 e. The lowest BCUT2D eigenvalue weighted by molar-refractivity contribution is -0.121. The van der Waals surface area contributed by atoms with Gasteiger partial charge in [0.25, 0.3) is 0 Å². The van der Waals surface area contributed by atoms with Crippen molar-refractivity contribution in [1.29, 1.82) is 0 Å². The van der Waals surface area contributed by atoms with E-state index in [9.17, 15) is 14.4 Å². The quantitative estimate of drug-likeness (QED) is 0.593. The molecule has 2 aromatic carbocycles. The van der Waals surface area contributed by atoms with Crippen LogP contribution in [-0.2, 0) is 20.9 Å². The number of rotatable bonds is 5. The third-order valence-corrected chi connectivity index (χ3v) is 4.23. The van der Waals surface area contributed by atoms with Crippen LogP contribution in [0.25, 0.3) is 0 Å². The first kappa shape index (κ1) is 17.9. The molecule has 134 valence electrons. The Morgan fingerprint density at radius 2 is 1.85 bits per heavy atom. The van der Waals surface area contributed by atoms with Crippen LogP contribution in [0.5, 0.6) is 5.75 Å². The lowest BCUT2D eigenvalue weighted by Gasteiger charge is -2.15. The molecule has 0 radical (unpaired) electrons. The summed E-state index contributed by atoms with van der Waals surface area (Å²) in [5.74, 6) is -0.564. The van der Waals surface area contributed by atoms with Gasteiger partial charge in [-0.1, -0.05) is 17.7 Å². The average molecular weight is 374 g/mol. The number of ether oxygens (including phenoxy) is 2. The van der Waals surface area contributed by atoms with Gasteiger partial charge in [0.05, 0.1) is 18.4 Å². The average Bonchev–Trinajstić information content (AvgIpc) is 2.98. The first-order valence-electron chi connectivity index (χ1n) is 7.95. The Morgan fingerprint density at radius 3 is 2.54 bits per heavy atom. The van der Waals surface area contributed by atoms with Gasteiger partial charge in [-0.3, -0.25) is 14.5 Å². The predicted molar refractivity (Wildman–Crippen MR) is 95.3 cm³/mol. The number of carbonyl (C=O) groups excluding carboxylic acids is 3. The van der Waals surface area contributed by atoms with Crippen molar-refractivity contribution in [3.8, 4) is 5.75 Å². The molecule has 26 heavy (non-hydrogen) atoms.